The van der Waals surface area contributed by atoms with E-state index >= 15 is 0 Å². The zero-order chi connectivity index (χ0) is 19.3. The Morgan fingerprint density at radius 3 is 2.22 bits per heavy atom. The molecule has 27 heavy (non-hydrogen) atoms. The van der Waals surface area contributed by atoms with Crippen molar-refractivity contribution in [1.82, 2.24) is 0 Å². The van der Waals surface area contributed by atoms with Crippen molar-refractivity contribution in [3.8, 4) is 0 Å². The fraction of sp³-hybridized carbons (Fsp3) is 0.385. The van der Waals surface area contributed by atoms with Gasteiger partial charge in [-0.2, -0.15) is 0 Å². The minimum atomic E-state index is 0.0300. The van der Waals surface area contributed by atoms with E-state index in [4.69, 9.17) is 0 Å². The molecule has 0 saturated carbocycles. The minimum Gasteiger partial charge on any atom is -0.0867 e. The van der Waals surface area contributed by atoms with Crippen molar-refractivity contribution in [2.75, 3.05) is 0 Å². The fourth-order valence-electron chi connectivity index (χ4n) is 4.57. The molecule has 0 aromatic heterocycles. The van der Waals surface area contributed by atoms with Crippen molar-refractivity contribution in [2.24, 2.45) is 0 Å². The molecule has 139 valence electrons. The molecule has 0 saturated heterocycles. The van der Waals surface area contributed by atoms with Gasteiger partial charge in [-0.25, -0.2) is 0 Å². The van der Waals surface area contributed by atoms with Gasteiger partial charge in [0.05, 0.1) is 0 Å². The summed E-state index contributed by atoms with van der Waals surface area (Å²) in [6, 6.07) is 24.6. The number of fused-ring (bicyclic) bond motifs is 1. The Balaban J connectivity index is 2.11. The number of hydrogen-bond acceptors (Lipinski definition) is 0. The van der Waals surface area contributed by atoms with E-state index in [1.165, 1.54) is 46.6 Å². The van der Waals surface area contributed by atoms with Gasteiger partial charge in [0.1, 0.15) is 0 Å². The smallest absolute Gasteiger partial charge is 0.0867 e. The summed E-state index contributed by atoms with van der Waals surface area (Å²) in [5.41, 5.74) is 4.26. The van der Waals surface area contributed by atoms with Crippen LogP contribution in [0, 0.1) is 0 Å². The van der Waals surface area contributed by atoms with Crippen LogP contribution in [0.1, 0.15) is 70.4 Å². The van der Waals surface area contributed by atoms with Crippen LogP contribution in [-0.4, -0.2) is 7.28 Å². The lowest BCUT2D eigenvalue weighted by molar-refractivity contribution is 0.594. The van der Waals surface area contributed by atoms with Gasteiger partial charge in [-0.15, -0.1) is 0 Å². The minimum absolute atomic E-state index is 0.0300. The second-order valence-corrected chi connectivity index (χ2v) is 8.16. The van der Waals surface area contributed by atoms with Gasteiger partial charge >= 0.3 is 0 Å². The zero-order valence-corrected chi connectivity index (χ0v) is 17.3. The van der Waals surface area contributed by atoms with Crippen molar-refractivity contribution in [1.29, 1.82) is 0 Å². The summed E-state index contributed by atoms with van der Waals surface area (Å²) in [4.78, 5) is 0. The third kappa shape index (κ3) is 4.29. The largest absolute Gasteiger partial charge is 0.164 e. The molecule has 2 unspecified atom stereocenters. The van der Waals surface area contributed by atoms with E-state index in [9.17, 15) is 0 Å². The SMILES string of the molecule is CCCC(C)c1cccc2c(C(C)([B]c3ccccc3)CCC)cccc12. The molecule has 3 rings (SSSR count). The quantitative estimate of drug-likeness (QED) is 0.390. The third-order valence-corrected chi connectivity index (χ3v) is 5.88. The first-order valence-electron chi connectivity index (χ1n) is 10.5. The summed E-state index contributed by atoms with van der Waals surface area (Å²) in [5, 5.41) is 2.88. The molecule has 3 aromatic rings. The lowest BCUT2D eigenvalue weighted by Crippen LogP contribution is -2.37. The van der Waals surface area contributed by atoms with Crippen molar-refractivity contribution in [2.45, 2.75) is 64.6 Å². The highest BCUT2D eigenvalue weighted by Gasteiger charge is 2.29. The highest BCUT2D eigenvalue weighted by Crippen LogP contribution is 2.36. The lowest BCUT2D eigenvalue weighted by atomic mass is 9.45. The van der Waals surface area contributed by atoms with Crippen LogP contribution in [0.3, 0.4) is 0 Å². The molecule has 0 N–H and O–H groups in total. The maximum Gasteiger partial charge on any atom is 0.164 e. The van der Waals surface area contributed by atoms with E-state index in [1.54, 1.807) is 0 Å². The first-order valence-corrected chi connectivity index (χ1v) is 10.5. The van der Waals surface area contributed by atoms with Crippen molar-refractivity contribution in [3.63, 3.8) is 0 Å². The molecule has 0 aliphatic carbocycles. The molecule has 0 bridgehead atoms. The number of rotatable bonds is 8. The Morgan fingerprint density at radius 1 is 0.815 bits per heavy atom. The Morgan fingerprint density at radius 2 is 1.52 bits per heavy atom. The predicted molar refractivity (Wildman–Crippen MR) is 121 cm³/mol. The van der Waals surface area contributed by atoms with Crippen LogP contribution in [0.4, 0.5) is 0 Å². The van der Waals surface area contributed by atoms with Crippen molar-refractivity contribution in [3.05, 3.63) is 77.9 Å². The van der Waals surface area contributed by atoms with Crippen LogP contribution in [0.5, 0.6) is 0 Å². The molecule has 0 aliphatic heterocycles. The van der Waals surface area contributed by atoms with Crippen LogP contribution < -0.4 is 5.46 Å². The molecule has 0 nitrogen and oxygen atoms in total. The summed E-state index contributed by atoms with van der Waals surface area (Å²) in [5.74, 6) is 0.601. The predicted octanol–water partition coefficient (Wildman–Crippen LogP) is 6.79. The van der Waals surface area contributed by atoms with Gasteiger partial charge in [-0.1, -0.05) is 119 Å². The average Bonchev–Trinajstić information content (AvgIpc) is 2.68. The molecule has 0 fully saturated rings. The van der Waals surface area contributed by atoms with Gasteiger partial charge in [-0.05, 0) is 39.6 Å². The Bertz CT molecular complexity index is 868. The number of benzene rings is 3. The van der Waals surface area contributed by atoms with Crippen molar-refractivity contribution >= 4 is 23.5 Å². The Hall–Kier alpha value is -2.02. The summed E-state index contributed by atoms with van der Waals surface area (Å²) >= 11 is 0. The lowest BCUT2D eigenvalue weighted by Gasteiger charge is -2.31. The average molecular weight is 355 g/mol. The molecule has 1 heteroatoms. The van der Waals surface area contributed by atoms with Crippen LogP contribution >= 0.6 is 0 Å². The second kappa shape index (κ2) is 8.78. The van der Waals surface area contributed by atoms with Crippen LogP contribution in [0.15, 0.2) is 66.7 Å². The van der Waals surface area contributed by atoms with Gasteiger partial charge in [0.2, 0.25) is 0 Å². The molecule has 0 aliphatic rings. The van der Waals surface area contributed by atoms with E-state index in [1.807, 2.05) is 0 Å². The molecule has 0 amide bonds. The highest BCUT2D eigenvalue weighted by atomic mass is 14.2. The van der Waals surface area contributed by atoms with Crippen LogP contribution in [0.25, 0.3) is 10.8 Å². The molecule has 2 atom stereocenters. The third-order valence-electron chi connectivity index (χ3n) is 5.88. The number of hydrogen-bond donors (Lipinski definition) is 0. The first-order chi connectivity index (χ1) is 13.1. The fourth-order valence-corrected chi connectivity index (χ4v) is 4.57. The topological polar surface area (TPSA) is 0 Å². The van der Waals surface area contributed by atoms with E-state index in [0.717, 1.165) is 6.42 Å². The van der Waals surface area contributed by atoms with Crippen LogP contribution in [0.2, 0.25) is 0 Å². The monoisotopic (exact) mass is 355 g/mol. The van der Waals surface area contributed by atoms with Gasteiger partial charge in [-0.3, -0.25) is 0 Å². The van der Waals surface area contributed by atoms with Gasteiger partial charge < -0.3 is 0 Å². The Kier molecular flexibility index (Phi) is 6.42. The van der Waals surface area contributed by atoms with E-state index in [0.29, 0.717) is 5.92 Å². The molecule has 1 radical (unpaired) electrons. The van der Waals surface area contributed by atoms with Gasteiger partial charge in [0.25, 0.3) is 0 Å². The normalized spacial score (nSPS) is 14.7. The van der Waals surface area contributed by atoms with E-state index in [-0.39, 0.29) is 5.31 Å². The molecule has 0 spiro atoms. The first kappa shape index (κ1) is 19.7. The maximum absolute atomic E-state index is 2.47. The van der Waals surface area contributed by atoms with E-state index < -0.39 is 0 Å². The van der Waals surface area contributed by atoms with E-state index in [2.05, 4.69) is 102 Å². The van der Waals surface area contributed by atoms with Gasteiger partial charge in [0, 0.05) is 0 Å². The second-order valence-electron chi connectivity index (χ2n) is 8.16. The van der Waals surface area contributed by atoms with Crippen molar-refractivity contribution < 1.29 is 0 Å². The summed E-state index contributed by atoms with van der Waals surface area (Å²) < 4.78 is 0. The maximum atomic E-state index is 2.47. The van der Waals surface area contributed by atoms with Gasteiger partial charge in [0.15, 0.2) is 7.28 Å². The molecule has 3 aromatic carbocycles. The summed E-state index contributed by atoms with van der Waals surface area (Å²) in [6.45, 7) is 9.34. The molecular formula is C26H32B. The molecular weight excluding hydrogens is 323 g/mol. The Labute approximate surface area is 166 Å². The highest BCUT2D eigenvalue weighted by molar-refractivity contribution is 6.57. The standard InChI is InChI=1S/C26H32B/c1-5-12-20(3)22-15-10-17-24-23(22)16-11-18-25(24)26(4,19-6-2)27-21-13-8-7-9-14-21/h7-11,13-18,20H,5-6,12,19H2,1-4H3. The summed E-state index contributed by atoms with van der Waals surface area (Å²) in [7, 11) is 2.47. The summed E-state index contributed by atoms with van der Waals surface area (Å²) in [6.07, 6.45) is 4.79. The molecule has 0 heterocycles. The van der Waals surface area contributed by atoms with Crippen LogP contribution in [-0.2, 0) is 5.31 Å². The zero-order valence-electron chi connectivity index (χ0n) is 17.3.